The van der Waals surface area contributed by atoms with E-state index in [0.29, 0.717) is 12.8 Å². The van der Waals surface area contributed by atoms with Gasteiger partial charge in [0.25, 0.3) is 0 Å². The monoisotopic (exact) mass is 341 g/mol. The molecule has 24 heavy (non-hydrogen) atoms. The second-order valence-corrected chi connectivity index (χ2v) is 6.96. The first-order valence-corrected chi connectivity index (χ1v) is 9.25. The summed E-state index contributed by atoms with van der Waals surface area (Å²) in [5.41, 5.74) is 3.48. The van der Waals surface area contributed by atoms with Crippen LogP contribution in [0.5, 0.6) is 0 Å². The van der Waals surface area contributed by atoms with E-state index < -0.39 is 0 Å². The average Bonchev–Trinajstić information content (AvgIpc) is 2.67. The van der Waals surface area contributed by atoms with Crippen molar-refractivity contribution in [3.8, 4) is 11.1 Å². The normalized spacial score (nSPS) is 16.0. The molecule has 3 heteroatoms. The Kier molecular flexibility index (Phi) is 5.92. The fourth-order valence-corrected chi connectivity index (χ4v) is 3.49. The quantitative estimate of drug-likeness (QED) is 0.664. The molecular weight excluding hydrogens is 318 g/mol. The summed E-state index contributed by atoms with van der Waals surface area (Å²) in [4.78, 5) is 14.2. The smallest absolute Gasteiger partial charge is 0.222 e. The highest BCUT2D eigenvalue weighted by atomic mass is 35.5. The predicted molar refractivity (Wildman–Crippen MR) is 100 cm³/mol. The Balaban J connectivity index is 1.55. The van der Waals surface area contributed by atoms with Crippen LogP contribution in [0.4, 0.5) is 0 Å². The molecule has 0 N–H and O–H groups in total. The van der Waals surface area contributed by atoms with Gasteiger partial charge in [-0.25, -0.2) is 0 Å². The van der Waals surface area contributed by atoms with Crippen molar-refractivity contribution in [2.45, 2.75) is 37.5 Å². The van der Waals surface area contributed by atoms with Crippen LogP contribution >= 0.6 is 11.6 Å². The van der Waals surface area contributed by atoms with Crippen LogP contribution in [0.25, 0.3) is 11.1 Å². The third kappa shape index (κ3) is 4.39. The number of amides is 1. The summed E-state index contributed by atoms with van der Waals surface area (Å²) in [5.74, 6) is 0.251. The lowest BCUT2D eigenvalue weighted by atomic mass is 10.0. The maximum atomic E-state index is 12.2. The summed E-state index contributed by atoms with van der Waals surface area (Å²) >= 11 is 6.52. The highest BCUT2D eigenvalue weighted by Gasteiger charge is 2.18. The minimum Gasteiger partial charge on any atom is -0.343 e. The molecule has 2 nitrogen and oxygen atoms in total. The van der Waals surface area contributed by atoms with Crippen LogP contribution in [0.1, 0.15) is 43.0 Å². The van der Waals surface area contributed by atoms with Gasteiger partial charge in [-0.1, -0.05) is 54.6 Å². The third-order valence-corrected chi connectivity index (χ3v) is 5.17. The van der Waals surface area contributed by atoms with Gasteiger partial charge in [0.15, 0.2) is 0 Å². The minimum atomic E-state index is -0.108. The van der Waals surface area contributed by atoms with Gasteiger partial charge in [0, 0.05) is 19.5 Å². The fourth-order valence-electron chi connectivity index (χ4n) is 3.23. The molecule has 126 valence electrons. The Morgan fingerprint density at radius 1 is 0.917 bits per heavy atom. The number of carbonyl (C=O) groups is 1. The summed E-state index contributed by atoms with van der Waals surface area (Å²) < 4.78 is 0. The number of halogens is 1. The van der Waals surface area contributed by atoms with Crippen molar-refractivity contribution in [3.05, 3.63) is 60.2 Å². The summed E-state index contributed by atoms with van der Waals surface area (Å²) in [5, 5.41) is -0.108. The van der Waals surface area contributed by atoms with Crippen molar-refractivity contribution in [2.24, 2.45) is 0 Å². The van der Waals surface area contributed by atoms with E-state index in [-0.39, 0.29) is 11.3 Å². The van der Waals surface area contributed by atoms with E-state index in [1.54, 1.807) is 0 Å². The van der Waals surface area contributed by atoms with Gasteiger partial charge < -0.3 is 4.90 Å². The van der Waals surface area contributed by atoms with Crippen LogP contribution in [-0.4, -0.2) is 23.9 Å². The van der Waals surface area contributed by atoms with Gasteiger partial charge in [-0.15, -0.1) is 11.6 Å². The Morgan fingerprint density at radius 3 is 2.21 bits per heavy atom. The van der Waals surface area contributed by atoms with Crippen LogP contribution in [0.15, 0.2) is 54.6 Å². The van der Waals surface area contributed by atoms with E-state index in [0.717, 1.165) is 31.5 Å². The van der Waals surface area contributed by atoms with Crippen LogP contribution in [0.3, 0.4) is 0 Å². The molecular formula is C21H24ClNO. The van der Waals surface area contributed by atoms with E-state index in [4.69, 9.17) is 11.6 Å². The van der Waals surface area contributed by atoms with Gasteiger partial charge >= 0.3 is 0 Å². The van der Waals surface area contributed by atoms with Crippen molar-refractivity contribution in [3.63, 3.8) is 0 Å². The topological polar surface area (TPSA) is 20.3 Å². The van der Waals surface area contributed by atoms with E-state index >= 15 is 0 Å². The SMILES string of the molecule is O=C(CCC(Cl)c1ccc(-c2ccccc2)cc1)N1CCCCC1. The van der Waals surface area contributed by atoms with Crippen molar-refractivity contribution in [1.29, 1.82) is 0 Å². The Labute approximate surface area is 149 Å². The molecule has 0 aliphatic carbocycles. The van der Waals surface area contributed by atoms with E-state index in [2.05, 4.69) is 36.4 Å². The van der Waals surface area contributed by atoms with Crippen molar-refractivity contribution in [2.75, 3.05) is 13.1 Å². The summed E-state index contributed by atoms with van der Waals surface area (Å²) in [6.45, 7) is 1.83. The number of nitrogens with zero attached hydrogens (tertiary/aromatic N) is 1. The lowest BCUT2D eigenvalue weighted by Gasteiger charge is -2.27. The molecule has 0 bridgehead atoms. The highest BCUT2D eigenvalue weighted by Crippen LogP contribution is 2.28. The maximum absolute atomic E-state index is 12.2. The molecule has 0 radical (unpaired) electrons. The zero-order valence-corrected chi connectivity index (χ0v) is 14.7. The highest BCUT2D eigenvalue weighted by molar-refractivity contribution is 6.20. The van der Waals surface area contributed by atoms with E-state index in [9.17, 15) is 4.79 Å². The number of likely N-dealkylation sites (tertiary alicyclic amines) is 1. The van der Waals surface area contributed by atoms with E-state index in [1.807, 2.05) is 23.1 Å². The number of hydrogen-bond donors (Lipinski definition) is 0. The Morgan fingerprint density at radius 2 is 1.54 bits per heavy atom. The zero-order valence-electron chi connectivity index (χ0n) is 14.0. The number of hydrogen-bond acceptors (Lipinski definition) is 1. The molecule has 1 unspecified atom stereocenters. The number of carbonyl (C=O) groups excluding carboxylic acids is 1. The lowest BCUT2D eigenvalue weighted by molar-refractivity contribution is -0.132. The number of piperidine rings is 1. The van der Waals surface area contributed by atoms with Crippen LogP contribution < -0.4 is 0 Å². The zero-order chi connectivity index (χ0) is 16.8. The van der Waals surface area contributed by atoms with Gasteiger partial charge in [0.2, 0.25) is 5.91 Å². The Hall–Kier alpha value is -1.80. The first-order chi connectivity index (χ1) is 11.7. The number of benzene rings is 2. The molecule has 1 aliphatic rings. The van der Waals surface area contributed by atoms with Gasteiger partial charge in [-0.2, -0.15) is 0 Å². The molecule has 2 aromatic rings. The average molecular weight is 342 g/mol. The molecule has 1 fully saturated rings. The summed E-state index contributed by atoms with van der Waals surface area (Å²) in [7, 11) is 0. The van der Waals surface area contributed by atoms with Gasteiger partial charge in [0.1, 0.15) is 0 Å². The number of alkyl halides is 1. The second-order valence-electron chi connectivity index (χ2n) is 6.44. The van der Waals surface area contributed by atoms with Crippen molar-refractivity contribution in [1.82, 2.24) is 4.90 Å². The van der Waals surface area contributed by atoms with Gasteiger partial charge in [0.05, 0.1) is 5.38 Å². The molecule has 0 spiro atoms. The molecule has 0 saturated carbocycles. The lowest BCUT2D eigenvalue weighted by Crippen LogP contribution is -2.35. The van der Waals surface area contributed by atoms with Crippen LogP contribution in [0.2, 0.25) is 0 Å². The van der Waals surface area contributed by atoms with Crippen molar-refractivity contribution >= 4 is 17.5 Å². The summed E-state index contributed by atoms with van der Waals surface area (Å²) in [6, 6.07) is 18.7. The largest absolute Gasteiger partial charge is 0.343 e. The first-order valence-electron chi connectivity index (χ1n) is 8.81. The Bertz CT molecular complexity index is 647. The van der Waals surface area contributed by atoms with Gasteiger partial charge in [-0.3, -0.25) is 4.79 Å². The second kappa shape index (κ2) is 8.34. The van der Waals surface area contributed by atoms with Crippen LogP contribution in [-0.2, 0) is 4.79 Å². The minimum absolute atomic E-state index is 0.108. The molecule has 0 aromatic heterocycles. The van der Waals surface area contributed by atoms with Crippen LogP contribution in [0, 0.1) is 0 Å². The molecule has 1 heterocycles. The van der Waals surface area contributed by atoms with Gasteiger partial charge in [-0.05, 0) is 42.4 Å². The molecule has 1 amide bonds. The predicted octanol–water partition coefficient (Wildman–Crippen LogP) is 5.43. The maximum Gasteiger partial charge on any atom is 0.222 e. The molecule has 1 saturated heterocycles. The molecule has 2 aromatic carbocycles. The van der Waals surface area contributed by atoms with E-state index in [1.165, 1.54) is 17.5 Å². The molecule has 3 rings (SSSR count). The van der Waals surface area contributed by atoms with Crippen molar-refractivity contribution < 1.29 is 4.79 Å². The first kappa shape index (κ1) is 17.0. The standard InChI is InChI=1S/C21H24ClNO/c22-20(13-14-21(24)23-15-5-2-6-16-23)19-11-9-18(10-12-19)17-7-3-1-4-8-17/h1,3-4,7-12,20H,2,5-6,13-16H2. The molecule has 1 atom stereocenters. The summed E-state index contributed by atoms with van der Waals surface area (Å²) in [6.07, 6.45) is 4.75. The molecule has 1 aliphatic heterocycles. The fraction of sp³-hybridized carbons (Fsp3) is 0.381. The third-order valence-electron chi connectivity index (χ3n) is 4.70. The number of rotatable bonds is 5.